The molecule has 3 fully saturated rings. The second kappa shape index (κ2) is 4.76. The van der Waals surface area contributed by atoms with E-state index in [1.165, 1.54) is 0 Å². The SMILES string of the molecule is C[C@@]12C[C@@H](c3ccccc3O1)N(C(=O)C13CCC(C(F)(F)F)(CC1)C3)C2. The fourth-order valence-electron chi connectivity index (χ4n) is 5.92. The zero-order valence-electron chi connectivity index (χ0n) is 14.7. The molecular formula is C20H22F3NO2. The molecule has 4 bridgehead atoms. The molecule has 3 nitrogen and oxygen atoms in total. The Hall–Kier alpha value is -1.72. The average molecular weight is 365 g/mol. The molecule has 140 valence electrons. The Kier molecular flexibility index (Phi) is 3.01. The van der Waals surface area contributed by atoms with Crippen LogP contribution in [0.2, 0.25) is 0 Å². The van der Waals surface area contributed by atoms with Crippen molar-refractivity contribution < 1.29 is 22.7 Å². The maximum atomic E-state index is 13.6. The normalized spacial score (nSPS) is 40.5. The minimum Gasteiger partial charge on any atom is -0.485 e. The standard InChI is InChI=1S/C20H22F3NO2/c1-17-10-14(13-4-2-3-5-15(13)26-17)24(12-17)16(25)18-6-8-19(11-18,9-7-18)20(21,22)23/h2-5,14H,6-12H2,1H3/t14-,17-,18?,19?/m0/s1. The van der Waals surface area contributed by atoms with Gasteiger partial charge in [0, 0.05) is 12.0 Å². The Morgan fingerprint density at radius 2 is 1.88 bits per heavy atom. The minimum absolute atomic E-state index is 0.0369. The Morgan fingerprint density at radius 3 is 2.54 bits per heavy atom. The van der Waals surface area contributed by atoms with Crippen molar-refractivity contribution in [1.29, 1.82) is 0 Å². The molecule has 2 aliphatic carbocycles. The number of amides is 1. The van der Waals surface area contributed by atoms with Crippen molar-refractivity contribution in [3.8, 4) is 5.75 Å². The lowest BCUT2D eigenvalue weighted by Gasteiger charge is -2.34. The lowest BCUT2D eigenvalue weighted by atomic mass is 9.80. The number of nitrogens with zero attached hydrogens (tertiary/aromatic N) is 1. The molecule has 2 heterocycles. The first kappa shape index (κ1) is 16.5. The van der Waals surface area contributed by atoms with E-state index in [1.54, 1.807) is 0 Å². The number of alkyl halides is 3. The van der Waals surface area contributed by atoms with Crippen LogP contribution < -0.4 is 4.74 Å². The van der Waals surface area contributed by atoms with Crippen LogP contribution in [0.25, 0.3) is 0 Å². The quantitative estimate of drug-likeness (QED) is 0.727. The number of benzene rings is 1. The van der Waals surface area contributed by atoms with E-state index in [-0.39, 0.29) is 31.2 Å². The molecule has 0 aromatic heterocycles. The number of hydrogen-bond donors (Lipinski definition) is 0. The van der Waals surface area contributed by atoms with Crippen LogP contribution in [-0.4, -0.2) is 29.1 Å². The van der Waals surface area contributed by atoms with E-state index in [2.05, 4.69) is 0 Å². The summed E-state index contributed by atoms with van der Waals surface area (Å²) in [5.41, 5.74) is -1.96. The topological polar surface area (TPSA) is 29.5 Å². The number of carbonyl (C=O) groups excluding carboxylic acids is 1. The average Bonchev–Trinajstić information content (AvgIpc) is 3.24. The second-order valence-corrected chi connectivity index (χ2v) is 8.98. The van der Waals surface area contributed by atoms with Crippen molar-refractivity contribution in [2.75, 3.05) is 6.54 Å². The van der Waals surface area contributed by atoms with Gasteiger partial charge in [-0.05, 0) is 45.1 Å². The molecule has 2 atom stereocenters. The summed E-state index contributed by atoms with van der Waals surface area (Å²) in [6.07, 6.45) is -2.66. The maximum Gasteiger partial charge on any atom is 0.394 e. The molecule has 2 aliphatic heterocycles. The Bertz CT molecular complexity index is 782. The largest absolute Gasteiger partial charge is 0.485 e. The summed E-state index contributed by atoms with van der Waals surface area (Å²) in [6.45, 7) is 2.44. The van der Waals surface area contributed by atoms with Crippen LogP contribution in [0.3, 0.4) is 0 Å². The molecule has 0 N–H and O–H groups in total. The van der Waals surface area contributed by atoms with Gasteiger partial charge >= 0.3 is 6.18 Å². The van der Waals surface area contributed by atoms with Crippen molar-refractivity contribution in [1.82, 2.24) is 4.90 Å². The third-order valence-electron chi connectivity index (χ3n) is 7.30. The van der Waals surface area contributed by atoms with E-state index in [9.17, 15) is 18.0 Å². The molecule has 1 saturated heterocycles. The number of hydrogen-bond acceptors (Lipinski definition) is 2. The number of carbonyl (C=O) groups is 1. The van der Waals surface area contributed by atoms with Gasteiger partial charge in [0.1, 0.15) is 11.4 Å². The van der Waals surface area contributed by atoms with Gasteiger partial charge in [-0.3, -0.25) is 4.79 Å². The summed E-state index contributed by atoms with van der Waals surface area (Å²) < 4.78 is 46.9. The van der Waals surface area contributed by atoms with Crippen molar-refractivity contribution in [3.63, 3.8) is 0 Å². The lowest BCUT2D eigenvalue weighted by Crippen LogP contribution is -2.43. The molecule has 4 aliphatic rings. The molecule has 1 aromatic rings. The van der Waals surface area contributed by atoms with Crippen molar-refractivity contribution >= 4 is 5.91 Å². The third-order valence-corrected chi connectivity index (χ3v) is 7.30. The van der Waals surface area contributed by atoms with Gasteiger partial charge in [0.15, 0.2) is 0 Å². The highest BCUT2D eigenvalue weighted by Crippen LogP contribution is 2.68. The van der Waals surface area contributed by atoms with Gasteiger partial charge in [0.25, 0.3) is 0 Å². The predicted octanol–water partition coefficient (Wildman–Crippen LogP) is 4.62. The molecule has 0 spiro atoms. The summed E-state index contributed by atoms with van der Waals surface area (Å²) in [7, 11) is 0. The molecule has 5 rings (SSSR count). The fourth-order valence-corrected chi connectivity index (χ4v) is 5.92. The molecular weight excluding hydrogens is 343 g/mol. The highest BCUT2D eigenvalue weighted by Gasteiger charge is 2.69. The predicted molar refractivity (Wildman–Crippen MR) is 88.6 cm³/mol. The highest BCUT2D eigenvalue weighted by atomic mass is 19.4. The number of likely N-dealkylation sites (tertiary alicyclic amines) is 1. The van der Waals surface area contributed by atoms with Crippen LogP contribution in [0.4, 0.5) is 13.2 Å². The fraction of sp³-hybridized carbons (Fsp3) is 0.650. The summed E-state index contributed by atoms with van der Waals surface area (Å²) in [4.78, 5) is 15.3. The molecule has 26 heavy (non-hydrogen) atoms. The van der Waals surface area contributed by atoms with Crippen LogP contribution in [0.5, 0.6) is 5.75 Å². The summed E-state index contributed by atoms with van der Waals surface area (Å²) in [5, 5.41) is 0. The first-order chi connectivity index (χ1) is 12.2. The minimum atomic E-state index is -4.21. The van der Waals surface area contributed by atoms with Crippen LogP contribution in [0, 0.1) is 10.8 Å². The maximum absolute atomic E-state index is 13.6. The Morgan fingerprint density at radius 1 is 1.19 bits per heavy atom. The molecule has 2 saturated carbocycles. The van der Waals surface area contributed by atoms with Crippen molar-refractivity contribution in [2.45, 2.75) is 63.3 Å². The molecule has 6 heteroatoms. The van der Waals surface area contributed by atoms with Crippen LogP contribution in [0.15, 0.2) is 24.3 Å². The van der Waals surface area contributed by atoms with E-state index in [0.29, 0.717) is 25.8 Å². The molecule has 1 amide bonds. The van der Waals surface area contributed by atoms with Gasteiger partial charge in [-0.2, -0.15) is 13.2 Å². The zero-order chi connectivity index (χ0) is 18.4. The van der Waals surface area contributed by atoms with Crippen LogP contribution >= 0.6 is 0 Å². The number of para-hydroxylation sites is 1. The Labute approximate surface area is 150 Å². The van der Waals surface area contributed by atoms with E-state index in [0.717, 1.165) is 11.3 Å². The van der Waals surface area contributed by atoms with E-state index >= 15 is 0 Å². The van der Waals surface area contributed by atoms with Gasteiger partial charge in [-0.25, -0.2) is 0 Å². The number of fused-ring (bicyclic) bond motifs is 6. The number of halogens is 3. The zero-order valence-corrected chi connectivity index (χ0v) is 14.7. The van der Waals surface area contributed by atoms with E-state index < -0.39 is 22.6 Å². The first-order valence-electron chi connectivity index (χ1n) is 9.33. The van der Waals surface area contributed by atoms with Gasteiger partial charge < -0.3 is 9.64 Å². The lowest BCUT2D eigenvalue weighted by molar-refractivity contribution is -0.220. The molecule has 0 unspecified atom stereocenters. The smallest absolute Gasteiger partial charge is 0.394 e. The van der Waals surface area contributed by atoms with E-state index in [4.69, 9.17) is 4.74 Å². The monoisotopic (exact) mass is 365 g/mol. The van der Waals surface area contributed by atoms with E-state index in [1.807, 2.05) is 36.1 Å². The van der Waals surface area contributed by atoms with Gasteiger partial charge in [-0.15, -0.1) is 0 Å². The molecule has 1 aromatic carbocycles. The number of ether oxygens (including phenoxy) is 1. The third kappa shape index (κ3) is 1.99. The van der Waals surface area contributed by atoms with Crippen molar-refractivity contribution in [3.05, 3.63) is 29.8 Å². The first-order valence-corrected chi connectivity index (χ1v) is 9.33. The van der Waals surface area contributed by atoms with Gasteiger partial charge in [0.05, 0.1) is 23.4 Å². The second-order valence-electron chi connectivity index (χ2n) is 8.98. The van der Waals surface area contributed by atoms with Crippen LogP contribution in [0.1, 0.15) is 57.1 Å². The Balaban J connectivity index is 1.48. The number of rotatable bonds is 1. The summed E-state index contributed by atoms with van der Waals surface area (Å²) in [5.74, 6) is 0.705. The van der Waals surface area contributed by atoms with Crippen molar-refractivity contribution in [2.24, 2.45) is 10.8 Å². The summed E-state index contributed by atoms with van der Waals surface area (Å²) >= 11 is 0. The van der Waals surface area contributed by atoms with Gasteiger partial charge in [0.2, 0.25) is 5.91 Å². The van der Waals surface area contributed by atoms with Gasteiger partial charge in [-0.1, -0.05) is 18.2 Å². The summed E-state index contributed by atoms with van der Waals surface area (Å²) in [6, 6.07) is 7.61. The van der Waals surface area contributed by atoms with Crippen LogP contribution in [-0.2, 0) is 4.79 Å². The molecule has 0 radical (unpaired) electrons. The highest BCUT2D eigenvalue weighted by molar-refractivity contribution is 5.85.